The third kappa shape index (κ3) is 4.65. The lowest BCUT2D eigenvalue weighted by Gasteiger charge is -2.19. The molecule has 0 rings (SSSR count). The van der Waals surface area contributed by atoms with Crippen molar-refractivity contribution in [2.75, 3.05) is 13.6 Å². The predicted octanol–water partition coefficient (Wildman–Crippen LogP) is 1.47. The number of hydrogen-bond donors (Lipinski definition) is 0. The van der Waals surface area contributed by atoms with Crippen LogP contribution in [-0.2, 0) is 9.59 Å². The highest BCUT2D eigenvalue weighted by Gasteiger charge is 2.18. The van der Waals surface area contributed by atoms with Crippen LogP contribution in [0.5, 0.6) is 0 Å². The van der Waals surface area contributed by atoms with Crippen LogP contribution in [0, 0.1) is 5.41 Å². The molecule has 0 unspecified atom stereocenters. The molecule has 0 saturated carbocycles. The van der Waals surface area contributed by atoms with Gasteiger partial charge in [0.2, 0.25) is 5.91 Å². The maximum absolute atomic E-state index is 11.3. The summed E-state index contributed by atoms with van der Waals surface area (Å²) in [7, 11) is 1.77. The number of aldehydes is 1. The fourth-order valence-corrected chi connectivity index (χ4v) is 0.855. The lowest BCUT2D eigenvalue weighted by atomic mass is 9.89. The number of amides is 1. The van der Waals surface area contributed by atoms with Crippen LogP contribution in [0.1, 0.15) is 33.6 Å². The Morgan fingerprint density at radius 1 is 1.46 bits per heavy atom. The van der Waals surface area contributed by atoms with Gasteiger partial charge in [-0.25, -0.2) is 0 Å². The van der Waals surface area contributed by atoms with Gasteiger partial charge in [-0.3, -0.25) is 4.79 Å². The molecule has 0 aliphatic rings. The summed E-state index contributed by atoms with van der Waals surface area (Å²) in [5.74, 6) is 0.109. The van der Waals surface area contributed by atoms with Gasteiger partial charge in [0.15, 0.2) is 0 Å². The number of carbonyl (C=O) groups excluding carboxylic acids is 2. The van der Waals surface area contributed by atoms with Crippen molar-refractivity contribution in [3.63, 3.8) is 0 Å². The number of carbonyl (C=O) groups is 2. The van der Waals surface area contributed by atoms with Crippen LogP contribution in [0.15, 0.2) is 0 Å². The van der Waals surface area contributed by atoms with Crippen molar-refractivity contribution in [3.05, 3.63) is 0 Å². The summed E-state index contributed by atoms with van der Waals surface area (Å²) in [5, 5.41) is 0. The maximum Gasteiger partial charge on any atom is 0.222 e. The summed E-state index contributed by atoms with van der Waals surface area (Å²) in [6.45, 7) is 6.35. The lowest BCUT2D eigenvalue weighted by molar-refractivity contribution is -0.130. The summed E-state index contributed by atoms with van der Waals surface area (Å²) in [4.78, 5) is 23.6. The molecule has 0 aliphatic carbocycles. The second-order valence-corrected chi connectivity index (χ2v) is 4.01. The van der Waals surface area contributed by atoms with Crippen LogP contribution < -0.4 is 0 Å². The Kier molecular flexibility index (Phi) is 4.67. The highest BCUT2D eigenvalue weighted by Crippen LogP contribution is 2.19. The first-order valence-corrected chi connectivity index (χ1v) is 4.63. The summed E-state index contributed by atoms with van der Waals surface area (Å²) in [6, 6.07) is 0. The zero-order valence-electron chi connectivity index (χ0n) is 8.96. The second kappa shape index (κ2) is 5.00. The van der Waals surface area contributed by atoms with Gasteiger partial charge in [-0.1, -0.05) is 13.8 Å². The topological polar surface area (TPSA) is 37.4 Å². The second-order valence-electron chi connectivity index (χ2n) is 4.01. The molecule has 3 nitrogen and oxygen atoms in total. The zero-order chi connectivity index (χ0) is 10.5. The van der Waals surface area contributed by atoms with Crippen LogP contribution in [0.3, 0.4) is 0 Å². The Morgan fingerprint density at radius 3 is 2.38 bits per heavy atom. The van der Waals surface area contributed by atoms with Crippen molar-refractivity contribution in [2.24, 2.45) is 5.41 Å². The van der Waals surface area contributed by atoms with Crippen molar-refractivity contribution < 1.29 is 9.59 Å². The molecule has 0 aliphatic heterocycles. The molecular formula is C10H19NO2. The van der Waals surface area contributed by atoms with Gasteiger partial charge in [0.05, 0.1) is 0 Å². The van der Waals surface area contributed by atoms with E-state index < -0.39 is 0 Å². The monoisotopic (exact) mass is 185 g/mol. The van der Waals surface area contributed by atoms with Crippen molar-refractivity contribution in [1.82, 2.24) is 4.90 Å². The highest BCUT2D eigenvalue weighted by atomic mass is 16.2. The molecule has 0 heterocycles. The van der Waals surface area contributed by atoms with Crippen molar-refractivity contribution in [1.29, 1.82) is 0 Å². The fourth-order valence-electron chi connectivity index (χ4n) is 0.855. The van der Waals surface area contributed by atoms with Crippen LogP contribution in [0.4, 0.5) is 0 Å². The Morgan fingerprint density at radius 2 is 2.00 bits per heavy atom. The van der Waals surface area contributed by atoms with E-state index in [0.29, 0.717) is 12.8 Å². The molecule has 0 aromatic rings. The zero-order valence-corrected chi connectivity index (χ0v) is 8.96. The Hall–Kier alpha value is -0.860. The first-order valence-electron chi connectivity index (χ1n) is 4.63. The average molecular weight is 185 g/mol. The van der Waals surface area contributed by atoms with E-state index in [-0.39, 0.29) is 11.3 Å². The van der Waals surface area contributed by atoms with Gasteiger partial charge in [0.25, 0.3) is 0 Å². The first kappa shape index (κ1) is 12.1. The number of nitrogens with zero attached hydrogens (tertiary/aromatic N) is 1. The predicted molar refractivity (Wildman–Crippen MR) is 52.4 cm³/mol. The van der Waals surface area contributed by atoms with E-state index in [1.165, 1.54) is 0 Å². The molecule has 13 heavy (non-hydrogen) atoms. The summed E-state index contributed by atoms with van der Waals surface area (Å²) in [5.41, 5.74) is -0.371. The standard InChI is InChI=1S/C10H19NO2/c1-5-11(4)9(13)6-7-10(2,3)8-12/h8H,5-7H2,1-4H3. The molecule has 0 radical (unpaired) electrons. The molecule has 3 heteroatoms. The third-order valence-electron chi connectivity index (χ3n) is 2.20. The minimum Gasteiger partial charge on any atom is -0.346 e. The Balaban J connectivity index is 3.89. The Bertz CT molecular complexity index is 187. The Labute approximate surface area is 80.1 Å². The number of rotatable bonds is 5. The van der Waals surface area contributed by atoms with Crippen LogP contribution in [-0.4, -0.2) is 30.7 Å². The van der Waals surface area contributed by atoms with Gasteiger partial charge in [-0.05, 0) is 13.3 Å². The third-order valence-corrected chi connectivity index (χ3v) is 2.20. The summed E-state index contributed by atoms with van der Waals surface area (Å²) in [6.07, 6.45) is 1.99. The van der Waals surface area contributed by atoms with Crippen molar-refractivity contribution >= 4 is 12.2 Å². The lowest BCUT2D eigenvalue weighted by Crippen LogP contribution is -2.27. The molecule has 1 amide bonds. The smallest absolute Gasteiger partial charge is 0.222 e. The van der Waals surface area contributed by atoms with Gasteiger partial charge in [-0.15, -0.1) is 0 Å². The van der Waals surface area contributed by atoms with E-state index >= 15 is 0 Å². The first-order chi connectivity index (χ1) is 5.93. The van der Waals surface area contributed by atoms with E-state index in [0.717, 1.165) is 12.8 Å². The SMILES string of the molecule is CCN(C)C(=O)CCC(C)(C)C=O. The van der Waals surface area contributed by atoms with Crippen LogP contribution in [0.2, 0.25) is 0 Å². The molecule has 0 N–H and O–H groups in total. The molecule has 0 aromatic carbocycles. The van der Waals surface area contributed by atoms with Crippen molar-refractivity contribution in [2.45, 2.75) is 33.6 Å². The van der Waals surface area contributed by atoms with E-state index in [4.69, 9.17) is 0 Å². The molecule has 0 atom stereocenters. The van der Waals surface area contributed by atoms with Gasteiger partial charge < -0.3 is 9.69 Å². The quantitative estimate of drug-likeness (QED) is 0.608. The molecule has 0 spiro atoms. The van der Waals surface area contributed by atoms with E-state index in [1.807, 2.05) is 20.8 Å². The summed E-state index contributed by atoms with van der Waals surface area (Å²) < 4.78 is 0. The van der Waals surface area contributed by atoms with Crippen LogP contribution >= 0.6 is 0 Å². The average Bonchev–Trinajstić information content (AvgIpc) is 2.13. The molecule has 0 aromatic heterocycles. The van der Waals surface area contributed by atoms with Gasteiger partial charge in [-0.2, -0.15) is 0 Å². The summed E-state index contributed by atoms with van der Waals surface area (Å²) >= 11 is 0. The van der Waals surface area contributed by atoms with Crippen LogP contribution in [0.25, 0.3) is 0 Å². The molecule has 76 valence electrons. The van der Waals surface area contributed by atoms with Crippen molar-refractivity contribution in [3.8, 4) is 0 Å². The minimum atomic E-state index is -0.371. The number of hydrogen-bond acceptors (Lipinski definition) is 2. The minimum absolute atomic E-state index is 0.109. The fraction of sp³-hybridized carbons (Fsp3) is 0.800. The largest absolute Gasteiger partial charge is 0.346 e. The van der Waals surface area contributed by atoms with Gasteiger partial charge >= 0.3 is 0 Å². The molecular weight excluding hydrogens is 166 g/mol. The van der Waals surface area contributed by atoms with Gasteiger partial charge in [0, 0.05) is 25.4 Å². The molecule has 0 bridgehead atoms. The maximum atomic E-state index is 11.3. The molecule has 0 fully saturated rings. The van der Waals surface area contributed by atoms with E-state index in [1.54, 1.807) is 11.9 Å². The van der Waals surface area contributed by atoms with E-state index in [9.17, 15) is 9.59 Å². The van der Waals surface area contributed by atoms with Gasteiger partial charge in [0.1, 0.15) is 6.29 Å². The molecule has 0 saturated heterocycles. The normalized spacial score (nSPS) is 11.1. The van der Waals surface area contributed by atoms with E-state index in [2.05, 4.69) is 0 Å². The highest BCUT2D eigenvalue weighted by molar-refractivity contribution is 5.76.